The van der Waals surface area contributed by atoms with Gasteiger partial charge in [0.25, 0.3) is 0 Å². The van der Waals surface area contributed by atoms with Crippen molar-refractivity contribution in [1.29, 1.82) is 0 Å². The minimum absolute atomic E-state index is 0.0616. The van der Waals surface area contributed by atoms with Crippen LogP contribution in [-0.4, -0.2) is 55.3 Å². The Hall–Kier alpha value is -4.78. The molecule has 7 rings (SSSR count). The van der Waals surface area contributed by atoms with Crippen molar-refractivity contribution >= 4 is 23.1 Å². The molecule has 3 aromatic carbocycles. The van der Waals surface area contributed by atoms with Gasteiger partial charge in [0.15, 0.2) is 11.2 Å². The molecule has 0 bridgehead atoms. The van der Waals surface area contributed by atoms with E-state index in [-0.39, 0.29) is 22.8 Å². The highest BCUT2D eigenvalue weighted by atomic mass is 16.6. The van der Waals surface area contributed by atoms with Crippen LogP contribution in [0.1, 0.15) is 122 Å². The summed E-state index contributed by atoms with van der Waals surface area (Å²) in [4.78, 5) is 26.6. The van der Waals surface area contributed by atoms with Crippen molar-refractivity contribution in [2.75, 3.05) is 27.2 Å². The van der Waals surface area contributed by atoms with Gasteiger partial charge in [-0.25, -0.2) is 0 Å². The Morgan fingerprint density at radius 2 is 1.32 bits per heavy atom. The Kier molecular flexibility index (Phi) is 14.1. The maximum Gasteiger partial charge on any atom is 0.307 e. The largest absolute Gasteiger partial charge is 0.492 e. The molecule has 6 heteroatoms. The smallest absolute Gasteiger partial charge is 0.307 e. The minimum atomic E-state index is -0.789. The summed E-state index contributed by atoms with van der Waals surface area (Å²) < 4.78 is 17.8. The zero-order valence-corrected chi connectivity index (χ0v) is 37.2. The van der Waals surface area contributed by atoms with Crippen molar-refractivity contribution in [1.82, 2.24) is 4.90 Å². The van der Waals surface area contributed by atoms with Gasteiger partial charge in [0.1, 0.15) is 12.4 Å². The molecule has 318 valence electrons. The van der Waals surface area contributed by atoms with E-state index in [1.807, 2.05) is 13.8 Å². The van der Waals surface area contributed by atoms with Crippen molar-refractivity contribution in [3.8, 4) is 30.4 Å². The van der Waals surface area contributed by atoms with E-state index in [0.717, 1.165) is 70.1 Å². The summed E-state index contributed by atoms with van der Waals surface area (Å²) in [5.41, 5.74) is 4.69. The number of carbonyl (C=O) groups is 2. The molecular weight excluding hydrogens is 743 g/mol. The molecule has 0 saturated heterocycles. The molecule has 0 radical (unpaired) electrons. The van der Waals surface area contributed by atoms with E-state index in [1.165, 1.54) is 27.8 Å². The van der Waals surface area contributed by atoms with Crippen LogP contribution in [-0.2, 0) is 19.1 Å². The second kappa shape index (κ2) is 18.9. The Balaban J connectivity index is 0.000000203. The number of nitrogens with zero attached hydrogens (tertiary/aromatic N) is 1. The lowest BCUT2D eigenvalue weighted by Gasteiger charge is -2.58. The van der Waals surface area contributed by atoms with Crippen LogP contribution >= 0.6 is 0 Å². The Labute approximate surface area is 360 Å². The van der Waals surface area contributed by atoms with E-state index in [1.54, 1.807) is 0 Å². The third-order valence-corrected chi connectivity index (χ3v) is 14.9. The number of likely N-dealkylation sites (N-methyl/N-ethyl adjacent to an activating group) is 1. The van der Waals surface area contributed by atoms with Crippen LogP contribution in [0.3, 0.4) is 0 Å². The first-order chi connectivity index (χ1) is 28.8. The van der Waals surface area contributed by atoms with Crippen LogP contribution in [0.4, 0.5) is 0 Å². The van der Waals surface area contributed by atoms with E-state index in [2.05, 4.69) is 137 Å². The van der Waals surface area contributed by atoms with E-state index >= 15 is 0 Å². The SMILES string of the molecule is C#C[C@@]1(OC(=O)CC)C[C@@H]2CC[C@@H]3[C@H](CC[C@@]4(C)[C@H]3CC[C@]4(C#C)OC(=O)CC)[C@@]2(C)C1.CC/C(=C(\c1ccccc1)c1ccc(OCCN(C)C)cc1)c1ccccc1. The van der Waals surface area contributed by atoms with Crippen molar-refractivity contribution in [3.63, 3.8) is 0 Å². The minimum Gasteiger partial charge on any atom is -0.492 e. The number of fused-ring (bicyclic) bond motifs is 5. The molecule has 6 nitrogen and oxygen atoms in total. The number of benzene rings is 3. The lowest BCUT2D eigenvalue weighted by molar-refractivity contribution is -0.174. The molecule has 0 aromatic heterocycles. The molecule has 3 aromatic rings. The molecule has 0 N–H and O–H groups in total. The standard InChI is InChI=1S/C28H38O4.C26H29NO/c1-7-23(29)31-27(9-3)17-19-11-12-20-21(25(19,5)18-27)13-15-26(6)22(20)14-16-28(26,10-4)32-24(30)8-2;1-4-25(21-11-7-5-8-12-21)26(22-13-9-6-10-14-22)23-15-17-24(18-16-23)28-20-19-27(2)3/h3-4,19-22H,7-8,11-18H2,1-2,5-6H3;5-18H,4,19-20H2,1-3H3/b;26-25-/t19-,20+,21-,22-,25-,26-,27+,28-;/m0./s1. The van der Waals surface area contributed by atoms with E-state index < -0.39 is 11.2 Å². The van der Waals surface area contributed by atoms with Crippen LogP contribution in [0.15, 0.2) is 84.9 Å². The van der Waals surface area contributed by atoms with Crippen molar-refractivity contribution in [3.05, 3.63) is 102 Å². The summed E-state index contributed by atoms with van der Waals surface area (Å²) in [7, 11) is 4.11. The van der Waals surface area contributed by atoms with E-state index in [4.69, 9.17) is 27.1 Å². The van der Waals surface area contributed by atoms with Crippen LogP contribution in [0.25, 0.3) is 11.1 Å². The molecule has 4 aliphatic rings. The maximum atomic E-state index is 12.3. The molecular formula is C54H67NO5. The second-order valence-electron chi connectivity index (χ2n) is 18.4. The molecule has 4 fully saturated rings. The van der Waals surface area contributed by atoms with Gasteiger partial charge in [0.2, 0.25) is 0 Å². The van der Waals surface area contributed by atoms with Gasteiger partial charge in [-0.3, -0.25) is 9.59 Å². The first-order valence-electron chi connectivity index (χ1n) is 22.4. The first kappa shape index (κ1) is 44.8. The van der Waals surface area contributed by atoms with Gasteiger partial charge in [0, 0.05) is 37.6 Å². The van der Waals surface area contributed by atoms with Crippen LogP contribution < -0.4 is 4.74 Å². The molecule has 0 heterocycles. The van der Waals surface area contributed by atoms with E-state index in [0.29, 0.717) is 43.1 Å². The number of carbonyl (C=O) groups excluding carboxylic acids is 2. The zero-order chi connectivity index (χ0) is 43.1. The number of rotatable bonds is 12. The summed E-state index contributed by atoms with van der Waals surface area (Å²) in [5.74, 6) is 8.36. The number of ether oxygens (including phenoxy) is 3. The Morgan fingerprint density at radius 3 is 1.90 bits per heavy atom. The Bertz CT molecular complexity index is 2060. The summed E-state index contributed by atoms with van der Waals surface area (Å²) >= 11 is 0. The average molecular weight is 810 g/mol. The number of esters is 2. The molecule has 0 unspecified atom stereocenters. The third kappa shape index (κ3) is 8.83. The van der Waals surface area contributed by atoms with Crippen LogP contribution in [0.2, 0.25) is 0 Å². The van der Waals surface area contributed by atoms with Crippen LogP contribution in [0, 0.1) is 59.2 Å². The van der Waals surface area contributed by atoms with Gasteiger partial charge < -0.3 is 19.1 Å². The fourth-order valence-electron chi connectivity index (χ4n) is 11.8. The van der Waals surface area contributed by atoms with Crippen molar-refractivity contribution < 1.29 is 23.8 Å². The second-order valence-corrected chi connectivity index (χ2v) is 18.4. The topological polar surface area (TPSA) is 65.1 Å². The molecule has 0 spiro atoms. The molecule has 4 saturated carbocycles. The van der Waals surface area contributed by atoms with Gasteiger partial charge in [-0.15, -0.1) is 12.8 Å². The highest BCUT2D eigenvalue weighted by Crippen LogP contribution is 2.70. The van der Waals surface area contributed by atoms with Gasteiger partial charge in [-0.05, 0) is 128 Å². The highest BCUT2D eigenvalue weighted by molar-refractivity contribution is 5.98. The van der Waals surface area contributed by atoms with Gasteiger partial charge in [-0.1, -0.05) is 119 Å². The van der Waals surface area contributed by atoms with Gasteiger partial charge >= 0.3 is 11.9 Å². The molecule has 4 aliphatic carbocycles. The van der Waals surface area contributed by atoms with Gasteiger partial charge in [-0.2, -0.15) is 0 Å². The monoisotopic (exact) mass is 810 g/mol. The number of hydrogen-bond acceptors (Lipinski definition) is 6. The predicted molar refractivity (Wildman–Crippen MR) is 243 cm³/mol. The summed E-state index contributed by atoms with van der Waals surface area (Å²) in [6.45, 7) is 12.1. The summed E-state index contributed by atoms with van der Waals surface area (Å²) in [5, 5.41) is 0. The fraction of sp³-hybridized carbons (Fsp3) is 0.519. The van der Waals surface area contributed by atoms with E-state index in [9.17, 15) is 9.59 Å². The predicted octanol–water partition coefficient (Wildman–Crippen LogP) is 11.3. The number of allylic oxidation sites excluding steroid dienone is 1. The zero-order valence-electron chi connectivity index (χ0n) is 37.2. The average Bonchev–Trinajstić information content (AvgIpc) is 3.73. The molecule has 60 heavy (non-hydrogen) atoms. The fourth-order valence-corrected chi connectivity index (χ4v) is 11.8. The lowest BCUT2D eigenvalue weighted by atomic mass is 9.47. The van der Waals surface area contributed by atoms with Crippen molar-refractivity contribution in [2.45, 2.75) is 116 Å². The Morgan fingerprint density at radius 1 is 0.717 bits per heavy atom. The summed E-state index contributed by atoms with van der Waals surface area (Å²) in [6.07, 6.45) is 21.3. The molecule has 0 amide bonds. The maximum absolute atomic E-state index is 12.3. The van der Waals surface area contributed by atoms with Gasteiger partial charge in [0.05, 0.1) is 0 Å². The normalized spacial score (nSPS) is 30.5. The van der Waals surface area contributed by atoms with Crippen molar-refractivity contribution in [2.24, 2.45) is 34.5 Å². The highest BCUT2D eigenvalue weighted by Gasteiger charge is 2.68. The quantitative estimate of drug-likeness (QED) is 0.103. The number of hydrogen-bond donors (Lipinski definition) is 0. The molecule has 8 atom stereocenters. The summed E-state index contributed by atoms with van der Waals surface area (Å²) in [6, 6.07) is 29.8. The third-order valence-electron chi connectivity index (χ3n) is 14.9. The first-order valence-corrected chi connectivity index (χ1v) is 22.4. The molecule has 0 aliphatic heterocycles. The number of terminal acetylenes is 2. The van der Waals surface area contributed by atoms with Crippen LogP contribution in [0.5, 0.6) is 5.75 Å². The lowest BCUT2D eigenvalue weighted by Crippen LogP contribution is -2.55.